The van der Waals surface area contributed by atoms with Gasteiger partial charge in [0.05, 0.1) is 17.0 Å². The maximum absolute atomic E-state index is 6.02. The highest BCUT2D eigenvalue weighted by atomic mass is 35.5. The van der Waals surface area contributed by atoms with Crippen LogP contribution >= 0.6 is 11.6 Å². The Morgan fingerprint density at radius 2 is 1.70 bits per heavy atom. The molecule has 2 heterocycles. The minimum Gasteiger partial charge on any atom is -0.358 e. The van der Waals surface area contributed by atoms with Gasteiger partial charge in [-0.25, -0.2) is 0 Å². The van der Waals surface area contributed by atoms with E-state index in [9.17, 15) is 0 Å². The van der Waals surface area contributed by atoms with Gasteiger partial charge in [0.2, 0.25) is 0 Å². The molecule has 114 valence electrons. The summed E-state index contributed by atoms with van der Waals surface area (Å²) in [6.45, 7) is 4.00. The number of halogens is 1. The zero-order valence-corrected chi connectivity index (χ0v) is 13.6. The van der Waals surface area contributed by atoms with Gasteiger partial charge in [-0.15, -0.1) is 0 Å². The largest absolute Gasteiger partial charge is 0.358 e. The van der Waals surface area contributed by atoms with Crippen molar-refractivity contribution < 1.29 is 4.52 Å². The smallest absolute Gasteiger partial charge is 0.169 e. The lowest BCUT2D eigenvalue weighted by molar-refractivity contribution is 0.366. The minimum absolute atomic E-state index is 0.0933. The van der Waals surface area contributed by atoms with Gasteiger partial charge in [-0.2, -0.15) is 0 Å². The van der Waals surface area contributed by atoms with Crippen molar-refractivity contribution in [2.45, 2.75) is 19.9 Å². The van der Waals surface area contributed by atoms with Crippen molar-refractivity contribution in [3.63, 3.8) is 0 Å². The lowest BCUT2D eigenvalue weighted by Gasteiger charge is -2.10. The molecule has 0 saturated carbocycles. The van der Waals surface area contributed by atoms with E-state index in [2.05, 4.69) is 17.3 Å². The molecule has 23 heavy (non-hydrogen) atoms. The van der Waals surface area contributed by atoms with Crippen LogP contribution < -0.4 is 0 Å². The van der Waals surface area contributed by atoms with Crippen molar-refractivity contribution in [3.05, 3.63) is 76.1 Å². The first kappa shape index (κ1) is 14.2. The number of hydrogen-bond donors (Lipinski definition) is 0. The number of rotatable bonds is 1. The molecule has 0 amide bonds. The number of benzene rings is 2. The van der Waals surface area contributed by atoms with E-state index >= 15 is 0 Å². The fourth-order valence-corrected chi connectivity index (χ4v) is 3.19. The molecule has 2 aromatic carbocycles. The van der Waals surface area contributed by atoms with Crippen molar-refractivity contribution in [1.82, 2.24) is 5.16 Å². The van der Waals surface area contributed by atoms with Gasteiger partial charge < -0.3 is 4.52 Å². The van der Waals surface area contributed by atoms with Crippen LogP contribution in [-0.4, -0.2) is 10.9 Å². The molecule has 1 aromatic heterocycles. The number of aromatic nitrogens is 1. The second kappa shape index (κ2) is 5.36. The molecule has 0 saturated heterocycles. The Morgan fingerprint density at radius 3 is 2.43 bits per heavy atom. The van der Waals surface area contributed by atoms with Gasteiger partial charge in [-0.05, 0) is 31.5 Å². The number of hydrogen-bond acceptors (Lipinski definition) is 3. The maximum atomic E-state index is 6.02. The Hall–Kier alpha value is -2.39. The van der Waals surface area contributed by atoms with Gasteiger partial charge in [-0.1, -0.05) is 53.2 Å². The van der Waals surface area contributed by atoms with Crippen LogP contribution in [0.25, 0.3) is 11.1 Å². The fraction of sp³-hybridized carbons (Fsp3) is 0.158. The van der Waals surface area contributed by atoms with E-state index in [1.807, 2.05) is 50.2 Å². The molecule has 4 rings (SSSR count). The molecule has 0 radical (unpaired) electrons. The van der Waals surface area contributed by atoms with E-state index in [1.165, 1.54) is 0 Å². The molecule has 1 atom stereocenters. The summed E-state index contributed by atoms with van der Waals surface area (Å²) in [5.41, 5.74) is 6.15. The second-order valence-corrected chi connectivity index (χ2v) is 6.15. The van der Waals surface area contributed by atoms with Crippen LogP contribution in [0.1, 0.15) is 35.5 Å². The SMILES string of the molecule is Cc1noc2c1-c1ccccc1C(c1ccc(Cl)cc1)=NC2C. The van der Waals surface area contributed by atoms with E-state index < -0.39 is 0 Å². The lowest BCUT2D eigenvalue weighted by atomic mass is 9.93. The summed E-state index contributed by atoms with van der Waals surface area (Å²) in [7, 11) is 0. The average molecular weight is 323 g/mol. The molecule has 1 unspecified atom stereocenters. The van der Waals surface area contributed by atoms with E-state index in [-0.39, 0.29) is 6.04 Å². The topological polar surface area (TPSA) is 38.4 Å². The van der Waals surface area contributed by atoms with Crippen LogP contribution in [0.2, 0.25) is 5.02 Å². The zero-order chi connectivity index (χ0) is 16.0. The van der Waals surface area contributed by atoms with Crippen LogP contribution in [-0.2, 0) is 0 Å². The molecule has 4 heteroatoms. The van der Waals surface area contributed by atoms with Gasteiger partial charge in [0.15, 0.2) is 5.76 Å². The van der Waals surface area contributed by atoms with Crippen molar-refractivity contribution in [3.8, 4) is 11.1 Å². The Kier molecular flexibility index (Phi) is 3.31. The standard InChI is InChI=1S/C19H15ClN2O/c1-11-17-15-5-3-4-6-16(15)18(13-7-9-14(20)10-8-13)21-12(2)19(17)23-22-11/h3-10,12H,1-2H3. The molecule has 1 aliphatic rings. The van der Waals surface area contributed by atoms with E-state index in [0.717, 1.165) is 44.4 Å². The van der Waals surface area contributed by atoms with Crippen molar-refractivity contribution in [1.29, 1.82) is 0 Å². The number of aryl methyl sites for hydroxylation is 1. The Labute approximate surface area is 139 Å². The molecule has 0 aliphatic carbocycles. The number of nitrogens with zero attached hydrogens (tertiary/aromatic N) is 2. The molecule has 0 bridgehead atoms. The third-order valence-electron chi connectivity index (χ3n) is 4.16. The monoisotopic (exact) mass is 322 g/mol. The molecular formula is C19H15ClN2O. The molecule has 1 aliphatic heterocycles. The third-order valence-corrected chi connectivity index (χ3v) is 4.41. The Morgan fingerprint density at radius 1 is 1.00 bits per heavy atom. The van der Waals surface area contributed by atoms with Crippen LogP contribution in [0.3, 0.4) is 0 Å². The normalized spacial score (nSPS) is 16.3. The van der Waals surface area contributed by atoms with E-state index in [0.29, 0.717) is 0 Å². The van der Waals surface area contributed by atoms with Gasteiger partial charge >= 0.3 is 0 Å². The van der Waals surface area contributed by atoms with Gasteiger partial charge in [0.25, 0.3) is 0 Å². The minimum atomic E-state index is -0.0933. The maximum Gasteiger partial charge on any atom is 0.169 e. The van der Waals surface area contributed by atoms with Crippen molar-refractivity contribution in [2.75, 3.05) is 0 Å². The fourth-order valence-electron chi connectivity index (χ4n) is 3.07. The van der Waals surface area contributed by atoms with E-state index in [4.69, 9.17) is 21.1 Å². The summed E-state index contributed by atoms with van der Waals surface area (Å²) in [4.78, 5) is 4.91. The summed E-state index contributed by atoms with van der Waals surface area (Å²) in [6, 6.07) is 16.0. The molecular weight excluding hydrogens is 308 g/mol. The van der Waals surface area contributed by atoms with E-state index in [1.54, 1.807) is 0 Å². The molecule has 0 N–H and O–H groups in total. The highest BCUT2D eigenvalue weighted by Gasteiger charge is 2.27. The second-order valence-electron chi connectivity index (χ2n) is 5.71. The third kappa shape index (κ3) is 2.28. The quantitative estimate of drug-likeness (QED) is 0.616. The first-order valence-electron chi connectivity index (χ1n) is 7.55. The zero-order valence-electron chi connectivity index (χ0n) is 12.9. The summed E-state index contributed by atoms with van der Waals surface area (Å²) in [6.07, 6.45) is 0. The summed E-state index contributed by atoms with van der Waals surface area (Å²) in [5.74, 6) is 0.818. The molecule has 3 nitrogen and oxygen atoms in total. The van der Waals surface area contributed by atoms with Crippen LogP contribution in [0.5, 0.6) is 0 Å². The molecule has 3 aromatic rings. The lowest BCUT2D eigenvalue weighted by Crippen LogP contribution is -2.05. The predicted octanol–water partition coefficient (Wildman–Crippen LogP) is 5.22. The number of fused-ring (bicyclic) bond motifs is 3. The van der Waals surface area contributed by atoms with Gasteiger partial charge in [0, 0.05) is 16.1 Å². The molecule has 0 fully saturated rings. The number of aliphatic imine (C=N–C) groups is 1. The Balaban J connectivity index is 2.00. The van der Waals surface area contributed by atoms with Crippen molar-refractivity contribution in [2.24, 2.45) is 4.99 Å². The highest BCUT2D eigenvalue weighted by molar-refractivity contribution is 6.30. The van der Waals surface area contributed by atoms with Crippen LogP contribution in [0.4, 0.5) is 0 Å². The molecule has 0 spiro atoms. The van der Waals surface area contributed by atoms with Crippen molar-refractivity contribution >= 4 is 17.3 Å². The summed E-state index contributed by atoms with van der Waals surface area (Å²) >= 11 is 6.02. The Bertz CT molecular complexity index is 909. The first-order chi connectivity index (χ1) is 11.1. The van der Waals surface area contributed by atoms with Crippen LogP contribution in [0.15, 0.2) is 58.0 Å². The van der Waals surface area contributed by atoms with Gasteiger partial charge in [0.1, 0.15) is 6.04 Å². The van der Waals surface area contributed by atoms with Gasteiger partial charge in [-0.3, -0.25) is 4.99 Å². The summed E-state index contributed by atoms with van der Waals surface area (Å²) in [5, 5.41) is 4.86. The first-order valence-corrected chi connectivity index (χ1v) is 7.92. The predicted molar refractivity (Wildman–Crippen MR) is 92.2 cm³/mol. The summed E-state index contributed by atoms with van der Waals surface area (Å²) < 4.78 is 5.56. The van der Waals surface area contributed by atoms with Crippen LogP contribution in [0, 0.1) is 6.92 Å². The average Bonchev–Trinajstić information content (AvgIpc) is 2.89. The highest BCUT2D eigenvalue weighted by Crippen LogP contribution is 2.39.